The van der Waals surface area contributed by atoms with Crippen molar-refractivity contribution >= 4 is 17.6 Å². The number of hydrogen-bond acceptors (Lipinski definition) is 2. The summed E-state index contributed by atoms with van der Waals surface area (Å²) in [6.45, 7) is 2.54. The summed E-state index contributed by atoms with van der Waals surface area (Å²) in [6, 6.07) is 7.77. The van der Waals surface area contributed by atoms with Gasteiger partial charge in [-0.15, -0.1) is 0 Å². The van der Waals surface area contributed by atoms with Crippen LogP contribution in [0.15, 0.2) is 24.3 Å². The minimum atomic E-state index is -0.777. The second-order valence-corrected chi connectivity index (χ2v) is 5.31. The van der Waals surface area contributed by atoms with Crippen molar-refractivity contribution in [2.45, 2.75) is 26.2 Å². The Labute approximate surface area is 113 Å². The maximum absolute atomic E-state index is 10.7. The van der Waals surface area contributed by atoms with E-state index in [9.17, 15) is 4.79 Å². The number of aliphatic carboxylic acids is 1. The molecule has 0 amide bonds. The lowest BCUT2D eigenvalue weighted by atomic mass is 9.89. The highest BCUT2D eigenvalue weighted by Gasteiger charge is 2.15. The van der Waals surface area contributed by atoms with Gasteiger partial charge in [0.15, 0.2) is 0 Å². The van der Waals surface area contributed by atoms with Gasteiger partial charge in [-0.3, -0.25) is 4.79 Å². The molecule has 0 fully saturated rings. The first-order valence-electron chi connectivity index (χ1n) is 6.17. The van der Waals surface area contributed by atoms with Gasteiger partial charge in [0.05, 0.1) is 0 Å². The monoisotopic (exact) mass is 269 g/mol. The fourth-order valence-corrected chi connectivity index (χ4v) is 2.44. The summed E-state index contributed by atoms with van der Waals surface area (Å²) in [5.41, 5.74) is 6.78. The minimum absolute atomic E-state index is 0.0525. The number of carbonyl (C=O) groups is 1. The lowest BCUT2D eigenvalue weighted by Crippen LogP contribution is -2.21. The topological polar surface area (TPSA) is 63.3 Å². The van der Waals surface area contributed by atoms with E-state index in [-0.39, 0.29) is 12.3 Å². The fourth-order valence-electron chi connectivity index (χ4n) is 2.23. The van der Waals surface area contributed by atoms with Gasteiger partial charge in [0, 0.05) is 11.4 Å². The third kappa shape index (κ3) is 5.52. The van der Waals surface area contributed by atoms with E-state index in [1.54, 1.807) is 0 Å². The van der Waals surface area contributed by atoms with Crippen molar-refractivity contribution < 1.29 is 9.90 Å². The number of carboxylic acid groups (broad SMARTS) is 1. The number of rotatable bonds is 7. The Balaban J connectivity index is 2.49. The number of hydrogen-bond donors (Lipinski definition) is 2. The molecule has 0 aromatic heterocycles. The molecule has 3 N–H and O–H groups in total. The van der Waals surface area contributed by atoms with E-state index in [1.165, 1.54) is 5.56 Å². The van der Waals surface area contributed by atoms with Crippen molar-refractivity contribution in [3.8, 4) is 0 Å². The lowest BCUT2D eigenvalue weighted by molar-refractivity contribution is -0.138. The molecule has 3 nitrogen and oxygen atoms in total. The maximum atomic E-state index is 10.7. The maximum Gasteiger partial charge on any atom is 0.303 e. The van der Waals surface area contributed by atoms with Gasteiger partial charge in [0.2, 0.25) is 0 Å². The average molecular weight is 270 g/mol. The molecule has 0 aliphatic carbocycles. The van der Waals surface area contributed by atoms with Gasteiger partial charge in [-0.05, 0) is 48.9 Å². The Bertz CT molecular complexity index is 395. The average Bonchev–Trinajstić information content (AvgIpc) is 2.27. The van der Waals surface area contributed by atoms with Gasteiger partial charge < -0.3 is 10.8 Å². The van der Waals surface area contributed by atoms with E-state index in [1.807, 2.05) is 24.3 Å². The molecule has 4 heteroatoms. The highest BCUT2D eigenvalue weighted by molar-refractivity contribution is 6.30. The summed E-state index contributed by atoms with van der Waals surface area (Å²) < 4.78 is 0. The Kier molecular flexibility index (Phi) is 6.16. The van der Waals surface area contributed by atoms with Gasteiger partial charge in [-0.1, -0.05) is 30.7 Å². The van der Waals surface area contributed by atoms with Gasteiger partial charge >= 0.3 is 5.97 Å². The van der Waals surface area contributed by atoms with Crippen molar-refractivity contribution in [1.82, 2.24) is 0 Å². The van der Waals surface area contributed by atoms with Crippen LogP contribution in [0.5, 0.6) is 0 Å². The molecule has 2 unspecified atom stereocenters. The van der Waals surface area contributed by atoms with Crippen LogP contribution in [0.3, 0.4) is 0 Å². The fraction of sp³-hybridized carbons (Fsp3) is 0.500. The molecule has 2 atom stereocenters. The molecule has 0 saturated heterocycles. The van der Waals surface area contributed by atoms with Crippen LogP contribution in [-0.2, 0) is 11.2 Å². The zero-order valence-electron chi connectivity index (χ0n) is 10.6. The highest BCUT2D eigenvalue weighted by atomic mass is 35.5. The number of carboxylic acids is 1. The van der Waals surface area contributed by atoms with Crippen LogP contribution in [0.25, 0.3) is 0 Å². The molecular weight excluding hydrogens is 250 g/mol. The number of halogens is 1. The zero-order chi connectivity index (χ0) is 13.5. The molecule has 0 radical (unpaired) electrons. The molecule has 18 heavy (non-hydrogen) atoms. The molecule has 0 aliphatic heterocycles. The number of benzene rings is 1. The van der Waals surface area contributed by atoms with Crippen LogP contribution in [0, 0.1) is 11.8 Å². The van der Waals surface area contributed by atoms with Crippen LogP contribution in [0.2, 0.25) is 5.02 Å². The first kappa shape index (κ1) is 15.0. The van der Waals surface area contributed by atoms with Gasteiger partial charge in [-0.2, -0.15) is 0 Å². The van der Waals surface area contributed by atoms with Crippen molar-refractivity contribution in [3.05, 3.63) is 34.9 Å². The number of nitrogens with two attached hydrogens (primary N) is 1. The molecule has 0 heterocycles. The second kappa shape index (κ2) is 7.39. The molecule has 0 aliphatic rings. The molecule has 1 aromatic rings. The minimum Gasteiger partial charge on any atom is -0.481 e. The molecular formula is C14H20ClNO2. The van der Waals surface area contributed by atoms with Crippen LogP contribution >= 0.6 is 11.6 Å². The molecule has 0 bridgehead atoms. The third-order valence-electron chi connectivity index (χ3n) is 3.01. The largest absolute Gasteiger partial charge is 0.481 e. The van der Waals surface area contributed by atoms with Gasteiger partial charge in [0.25, 0.3) is 0 Å². The molecule has 0 saturated carbocycles. The Morgan fingerprint density at radius 2 is 2.22 bits per heavy atom. The normalized spacial score (nSPS) is 14.2. The molecule has 0 spiro atoms. The van der Waals surface area contributed by atoms with E-state index in [2.05, 4.69) is 6.92 Å². The SMILES string of the molecule is CC(Cc1cccc(Cl)c1)CC(CN)CC(=O)O. The quantitative estimate of drug-likeness (QED) is 0.800. The summed E-state index contributed by atoms with van der Waals surface area (Å²) in [7, 11) is 0. The molecule has 1 rings (SSSR count). The molecule has 100 valence electrons. The zero-order valence-corrected chi connectivity index (χ0v) is 11.4. The first-order valence-corrected chi connectivity index (χ1v) is 6.55. The van der Waals surface area contributed by atoms with Crippen LogP contribution < -0.4 is 5.73 Å². The van der Waals surface area contributed by atoms with Crippen molar-refractivity contribution in [1.29, 1.82) is 0 Å². The standard InChI is InChI=1S/C14H20ClNO2/c1-10(6-12(9-16)8-14(17)18)5-11-3-2-4-13(15)7-11/h2-4,7,10,12H,5-6,8-9,16H2,1H3,(H,17,18). The second-order valence-electron chi connectivity index (χ2n) is 4.87. The summed E-state index contributed by atoms with van der Waals surface area (Å²) in [5.74, 6) is -0.326. The van der Waals surface area contributed by atoms with E-state index >= 15 is 0 Å². The van der Waals surface area contributed by atoms with E-state index in [4.69, 9.17) is 22.4 Å². The van der Waals surface area contributed by atoms with E-state index in [0.29, 0.717) is 12.5 Å². The van der Waals surface area contributed by atoms with Crippen LogP contribution in [0.4, 0.5) is 0 Å². The smallest absolute Gasteiger partial charge is 0.303 e. The Hall–Kier alpha value is -1.06. The predicted molar refractivity (Wildman–Crippen MR) is 73.7 cm³/mol. The lowest BCUT2D eigenvalue weighted by Gasteiger charge is -2.18. The van der Waals surface area contributed by atoms with Crippen molar-refractivity contribution in [2.75, 3.05) is 6.54 Å². The van der Waals surface area contributed by atoms with Crippen molar-refractivity contribution in [3.63, 3.8) is 0 Å². The summed E-state index contributed by atoms with van der Waals surface area (Å²) >= 11 is 5.93. The van der Waals surface area contributed by atoms with Gasteiger partial charge in [0.1, 0.15) is 0 Å². The van der Waals surface area contributed by atoms with E-state index < -0.39 is 5.97 Å². The third-order valence-corrected chi connectivity index (χ3v) is 3.24. The molecule has 1 aromatic carbocycles. The van der Waals surface area contributed by atoms with Gasteiger partial charge in [-0.25, -0.2) is 0 Å². The summed E-state index contributed by atoms with van der Waals surface area (Å²) in [4.78, 5) is 10.7. The van der Waals surface area contributed by atoms with Crippen molar-refractivity contribution in [2.24, 2.45) is 17.6 Å². The van der Waals surface area contributed by atoms with Crippen LogP contribution in [-0.4, -0.2) is 17.6 Å². The Morgan fingerprint density at radius 1 is 1.50 bits per heavy atom. The Morgan fingerprint density at radius 3 is 2.78 bits per heavy atom. The summed E-state index contributed by atoms with van der Waals surface area (Å²) in [5, 5.41) is 9.52. The van der Waals surface area contributed by atoms with E-state index in [0.717, 1.165) is 17.9 Å². The first-order chi connectivity index (χ1) is 8.51. The predicted octanol–water partition coefficient (Wildman–Crippen LogP) is 2.96. The highest BCUT2D eigenvalue weighted by Crippen LogP contribution is 2.20. The summed E-state index contributed by atoms with van der Waals surface area (Å²) in [6.07, 6.45) is 1.88. The van der Waals surface area contributed by atoms with Crippen LogP contribution in [0.1, 0.15) is 25.3 Å².